The summed E-state index contributed by atoms with van der Waals surface area (Å²) in [5.74, 6) is -0.416. The zero-order valence-corrected chi connectivity index (χ0v) is 14.2. The number of furan rings is 1. The maximum atomic E-state index is 11.2. The van der Waals surface area contributed by atoms with E-state index in [1.54, 1.807) is 24.3 Å². The lowest BCUT2D eigenvalue weighted by Crippen LogP contribution is -2.27. The first-order chi connectivity index (χ1) is 13.0. The SMILES string of the molecule is O=C(O)NC(c1ccccc1)c1cccc(OCc2ccc(C(=O)O)o2)c1. The van der Waals surface area contributed by atoms with Crippen molar-refractivity contribution in [1.29, 1.82) is 0 Å². The molecule has 0 aliphatic rings. The maximum absolute atomic E-state index is 11.2. The molecule has 0 fully saturated rings. The molecular weight excluding hydrogens is 350 g/mol. The van der Waals surface area contributed by atoms with Crippen molar-refractivity contribution in [3.63, 3.8) is 0 Å². The van der Waals surface area contributed by atoms with E-state index in [9.17, 15) is 14.7 Å². The molecule has 3 aromatic rings. The van der Waals surface area contributed by atoms with Crippen molar-refractivity contribution in [3.05, 3.63) is 89.4 Å². The average molecular weight is 367 g/mol. The van der Waals surface area contributed by atoms with Crippen LogP contribution in [0.5, 0.6) is 5.75 Å². The third-order valence-electron chi connectivity index (χ3n) is 3.85. The van der Waals surface area contributed by atoms with E-state index >= 15 is 0 Å². The van der Waals surface area contributed by atoms with Crippen LogP contribution in [0.4, 0.5) is 4.79 Å². The lowest BCUT2D eigenvalue weighted by atomic mass is 9.99. The minimum absolute atomic E-state index is 0.0547. The summed E-state index contributed by atoms with van der Waals surface area (Å²) in [5, 5.41) is 20.6. The number of benzene rings is 2. The number of carbonyl (C=O) groups is 2. The monoisotopic (exact) mass is 367 g/mol. The molecule has 1 unspecified atom stereocenters. The molecule has 1 heterocycles. The summed E-state index contributed by atoms with van der Waals surface area (Å²) in [7, 11) is 0. The zero-order chi connectivity index (χ0) is 19.2. The van der Waals surface area contributed by atoms with Gasteiger partial charge >= 0.3 is 12.1 Å². The lowest BCUT2D eigenvalue weighted by Gasteiger charge is -2.18. The first-order valence-corrected chi connectivity index (χ1v) is 8.12. The van der Waals surface area contributed by atoms with Crippen LogP contribution in [-0.4, -0.2) is 22.3 Å². The summed E-state index contributed by atoms with van der Waals surface area (Å²) in [4.78, 5) is 22.0. The Morgan fingerprint density at radius 1 is 0.963 bits per heavy atom. The summed E-state index contributed by atoms with van der Waals surface area (Å²) in [6, 6.07) is 18.6. The lowest BCUT2D eigenvalue weighted by molar-refractivity contribution is 0.0658. The van der Waals surface area contributed by atoms with Crippen LogP contribution in [0.3, 0.4) is 0 Å². The minimum atomic E-state index is -1.14. The van der Waals surface area contributed by atoms with Gasteiger partial charge in [-0.3, -0.25) is 0 Å². The molecular formula is C20H17NO6. The average Bonchev–Trinajstić information content (AvgIpc) is 3.15. The first kappa shape index (κ1) is 18.1. The highest BCUT2D eigenvalue weighted by molar-refractivity contribution is 5.84. The van der Waals surface area contributed by atoms with Crippen molar-refractivity contribution in [1.82, 2.24) is 5.32 Å². The van der Waals surface area contributed by atoms with Gasteiger partial charge in [-0.15, -0.1) is 0 Å². The van der Waals surface area contributed by atoms with Gasteiger partial charge in [-0.1, -0.05) is 42.5 Å². The van der Waals surface area contributed by atoms with Crippen LogP contribution in [-0.2, 0) is 6.61 Å². The Morgan fingerprint density at radius 2 is 1.70 bits per heavy atom. The molecule has 3 N–H and O–H groups in total. The number of carboxylic acid groups (broad SMARTS) is 2. The van der Waals surface area contributed by atoms with E-state index in [-0.39, 0.29) is 12.4 Å². The van der Waals surface area contributed by atoms with Gasteiger partial charge in [0.15, 0.2) is 0 Å². The van der Waals surface area contributed by atoms with Crippen LogP contribution < -0.4 is 10.1 Å². The molecule has 7 nitrogen and oxygen atoms in total. The molecule has 0 bridgehead atoms. The molecule has 0 aliphatic carbocycles. The minimum Gasteiger partial charge on any atom is -0.486 e. The van der Waals surface area contributed by atoms with E-state index in [4.69, 9.17) is 14.3 Å². The van der Waals surface area contributed by atoms with Crippen molar-refractivity contribution in [2.45, 2.75) is 12.6 Å². The fraction of sp³-hybridized carbons (Fsp3) is 0.100. The zero-order valence-electron chi connectivity index (χ0n) is 14.2. The number of amides is 1. The summed E-state index contributed by atoms with van der Waals surface area (Å²) in [6.07, 6.45) is -1.13. The standard InChI is InChI=1S/C20H17NO6/c22-19(23)17-10-9-16(27-17)12-26-15-8-4-7-14(11-15)18(21-20(24)25)13-5-2-1-3-6-13/h1-11,18,21H,12H2,(H,22,23)(H,24,25). The van der Waals surface area contributed by atoms with Crippen LogP contribution in [0.2, 0.25) is 0 Å². The molecule has 1 atom stereocenters. The Kier molecular flexibility index (Phi) is 5.41. The Labute approximate surface area is 154 Å². The third kappa shape index (κ3) is 4.66. The van der Waals surface area contributed by atoms with E-state index in [1.165, 1.54) is 12.1 Å². The molecule has 138 valence electrons. The highest BCUT2D eigenvalue weighted by Gasteiger charge is 2.17. The van der Waals surface area contributed by atoms with Crippen LogP contribution >= 0.6 is 0 Å². The molecule has 0 saturated carbocycles. The fourth-order valence-electron chi connectivity index (χ4n) is 2.64. The van der Waals surface area contributed by atoms with E-state index in [0.29, 0.717) is 17.1 Å². The third-order valence-corrected chi connectivity index (χ3v) is 3.85. The van der Waals surface area contributed by atoms with Gasteiger partial charge in [-0.25, -0.2) is 9.59 Å². The largest absolute Gasteiger partial charge is 0.486 e. The molecule has 27 heavy (non-hydrogen) atoms. The molecule has 1 aromatic heterocycles. The molecule has 7 heteroatoms. The van der Waals surface area contributed by atoms with Crippen LogP contribution in [0.15, 0.2) is 71.1 Å². The number of hydrogen-bond acceptors (Lipinski definition) is 4. The molecule has 0 radical (unpaired) electrons. The molecule has 0 spiro atoms. The fourth-order valence-corrected chi connectivity index (χ4v) is 2.64. The number of nitrogens with one attached hydrogen (secondary N) is 1. The van der Waals surface area contributed by atoms with Crippen molar-refractivity contribution < 1.29 is 29.0 Å². The highest BCUT2D eigenvalue weighted by atomic mass is 16.5. The van der Waals surface area contributed by atoms with Crippen molar-refractivity contribution in [3.8, 4) is 5.75 Å². The second kappa shape index (κ2) is 8.09. The smallest absolute Gasteiger partial charge is 0.405 e. The van der Waals surface area contributed by atoms with Gasteiger partial charge in [-0.2, -0.15) is 0 Å². The Hall–Kier alpha value is -3.74. The number of hydrogen-bond donors (Lipinski definition) is 3. The highest BCUT2D eigenvalue weighted by Crippen LogP contribution is 2.26. The topological polar surface area (TPSA) is 109 Å². The van der Waals surface area contributed by atoms with E-state index in [2.05, 4.69) is 5.32 Å². The molecule has 0 aliphatic heterocycles. The maximum Gasteiger partial charge on any atom is 0.405 e. The Balaban J connectivity index is 1.78. The van der Waals surface area contributed by atoms with Gasteiger partial charge < -0.3 is 24.7 Å². The normalized spacial score (nSPS) is 11.6. The summed E-state index contributed by atoms with van der Waals surface area (Å²) in [6.45, 7) is 0.0547. The second-order valence-corrected chi connectivity index (χ2v) is 5.73. The van der Waals surface area contributed by atoms with Gasteiger partial charge in [0.05, 0.1) is 6.04 Å². The predicted molar refractivity (Wildman–Crippen MR) is 95.9 cm³/mol. The number of aromatic carboxylic acids is 1. The Morgan fingerprint density at radius 3 is 2.37 bits per heavy atom. The summed E-state index contributed by atoms with van der Waals surface area (Å²) in [5.41, 5.74) is 1.51. The van der Waals surface area contributed by atoms with E-state index in [1.807, 2.05) is 30.3 Å². The van der Waals surface area contributed by atoms with Crippen LogP contribution in [0, 0.1) is 0 Å². The van der Waals surface area contributed by atoms with E-state index < -0.39 is 18.1 Å². The van der Waals surface area contributed by atoms with Crippen LogP contribution in [0.25, 0.3) is 0 Å². The molecule has 3 rings (SSSR count). The number of rotatable bonds is 7. The van der Waals surface area contributed by atoms with Crippen molar-refractivity contribution in [2.24, 2.45) is 0 Å². The number of carboxylic acids is 1. The second-order valence-electron chi connectivity index (χ2n) is 5.73. The van der Waals surface area contributed by atoms with Crippen molar-refractivity contribution >= 4 is 12.1 Å². The molecule has 2 aromatic carbocycles. The van der Waals surface area contributed by atoms with Gasteiger partial charge in [0.25, 0.3) is 0 Å². The van der Waals surface area contributed by atoms with Gasteiger partial charge in [0.2, 0.25) is 5.76 Å². The van der Waals surface area contributed by atoms with Gasteiger partial charge in [0, 0.05) is 0 Å². The van der Waals surface area contributed by atoms with Gasteiger partial charge in [-0.05, 0) is 35.4 Å². The first-order valence-electron chi connectivity index (χ1n) is 8.12. The quantitative estimate of drug-likeness (QED) is 0.584. The number of ether oxygens (including phenoxy) is 1. The molecule has 1 amide bonds. The van der Waals surface area contributed by atoms with Crippen LogP contribution in [0.1, 0.15) is 33.5 Å². The summed E-state index contributed by atoms with van der Waals surface area (Å²) < 4.78 is 10.8. The van der Waals surface area contributed by atoms with Gasteiger partial charge in [0.1, 0.15) is 18.1 Å². The van der Waals surface area contributed by atoms with Crippen molar-refractivity contribution in [2.75, 3.05) is 0 Å². The Bertz CT molecular complexity index is 934. The summed E-state index contributed by atoms with van der Waals surface area (Å²) >= 11 is 0. The van der Waals surface area contributed by atoms with E-state index in [0.717, 1.165) is 5.56 Å². The molecule has 0 saturated heterocycles. The predicted octanol–water partition coefficient (Wildman–Crippen LogP) is 3.91.